The minimum atomic E-state index is -1.80. The SMILES string of the molecule is C[C@@H](OC(=N)C(Cl)(Cl)Cl)c1ccccc1. The zero-order valence-electron chi connectivity index (χ0n) is 8.01. The van der Waals surface area contributed by atoms with Crippen LogP contribution >= 0.6 is 34.8 Å². The van der Waals surface area contributed by atoms with Crippen molar-refractivity contribution >= 4 is 40.7 Å². The third-order valence-corrected chi connectivity index (χ3v) is 2.34. The van der Waals surface area contributed by atoms with Crippen LogP contribution in [-0.2, 0) is 4.74 Å². The lowest BCUT2D eigenvalue weighted by atomic mass is 10.1. The molecule has 0 bridgehead atoms. The summed E-state index contributed by atoms with van der Waals surface area (Å²) in [4.78, 5) is 0. The molecule has 0 aromatic heterocycles. The fourth-order valence-corrected chi connectivity index (χ4v) is 1.17. The summed E-state index contributed by atoms with van der Waals surface area (Å²) in [7, 11) is 0. The van der Waals surface area contributed by atoms with Gasteiger partial charge >= 0.3 is 0 Å². The summed E-state index contributed by atoms with van der Waals surface area (Å²) in [6.07, 6.45) is -0.311. The van der Waals surface area contributed by atoms with E-state index in [1.807, 2.05) is 30.3 Å². The summed E-state index contributed by atoms with van der Waals surface area (Å²) in [5.41, 5.74) is 0.927. The number of nitrogens with one attached hydrogen (secondary N) is 1. The van der Waals surface area contributed by atoms with Crippen LogP contribution in [0.2, 0.25) is 0 Å². The average molecular weight is 267 g/mol. The topological polar surface area (TPSA) is 33.1 Å². The predicted octanol–water partition coefficient (Wildman–Crippen LogP) is 4.11. The van der Waals surface area contributed by atoms with Gasteiger partial charge in [-0.15, -0.1) is 0 Å². The van der Waals surface area contributed by atoms with E-state index < -0.39 is 3.79 Å². The molecule has 0 fully saturated rings. The monoisotopic (exact) mass is 265 g/mol. The third-order valence-electron chi connectivity index (χ3n) is 1.82. The van der Waals surface area contributed by atoms with E-state index in [2.05, 4.69) is 0 Å². The highest BCUT2D eigenvalue weighted by Gasteiger charge is 2.30. The maximum atomic E-state index is 7.40. The molecule has 0 saturated carbocycles. The molecule has 5 heteroatoms. The number of hydrogen-bond acceptors (Lipinski definition) is 2. The van der Waals surface area contributed by atoms with E-state index in [1.165, 1.54) is 0 Å². The van der Waals surface area contributed by atoms with Crippen LogP contribution in [0, 0.1) is 5.41 Å². The van der Waals surface area contributed by atoms with Crippen molar-refractivity contribution in [3.63, 3.8) is 0 Å². The van der Waals surface area contributed by atoms with Crippen LogP contribution in [0.5, 0.6) is 0 Å². The van der Waals surface area contributed by atoms with Gasteiger partial charge in [-0.3, -0.25) is 5.41 Å². The molecular weight excluding hydrogens is 256 g/mol. The smallest absolute Gasteiger partial charge is 0.265 e. The molecule has 0 aliphatic carbocycles. The second kappa shape index (κ2) is 5.06. The molecule has 0 saturated heterocycles. The van der Waals surface area contributed by atoms with Gasteiger partial charge in [0.2, 0.25) is 5.90 Å². The predicted molar refractivity (Wildman–Crippen MR) is 64.0 cm³/mol. The van der Waals surface area contributed by atoms with Crippen LogP contribution in [0.15, 0.2) is 30.3 Å². The van der Waals surface area contributed by atoms with E-state index in [-0.39, 0.29) is 12.0 Å². The number of benzene rings is 1. The van der Waals surface area contributed by atoms with E-state index in [0.29, 0.717) is 0 Å². The van der Waals surface area contributed by atoms with Crippen molar-refractivity contribution in [1.29, 1.82) is 5.41 Å². The van der Waals surface area contributed by atoms with Crippen LogP contribution < -0.4 is 0 Å². The Morgan fingerprint density at radius 2 is 1.80 bits per heavy atom. The van der Waals surface area contributed by atoms with E-state index in [0.717, 1.165) is 5.56 Å². The van der Waals surface area contributed by atoms with Gasteiger partial charge in [0.25, 0.3) is 3.79 Å². The highest BCUT2D eigenvalue weighted by molar-refractivity contribution is 6.76. The Morgan fingerprint density at radius 3 is 2.27 bits per heavy atom. The van der Waals surface area contributed by atoms with Crippen LogP contribution in [0.3, 0.4) is 0 Å². The first-order valence-corrected chi connectivity index (χ1v) is 5.42. The van der Waals surface area contributed by atoms with Gasteiger partial charge in [-0.05, 0) is 12.5 Å². The normalized spacial score (nSPS) is 13.3. The fourth-order valence-electron chi connectivity index (χ4n) is 1.04. The van der Waals surface area contributed by atoms with E-state index in [4.69, 9.17) is 44.9 Å². The van der Waals surface area contributed by atoms with Crippen LogP contribution in [0.4, 0.5) is 0 Å². The molecule has 1 rings (SSSR count). The first-order chi connectivity index (χ1) is 6.91. The molecule has 15 heavy (non-hydrogen) atoms. The molecule has 1 atom stereocenters. The molecule has 0 aliphatic heterocycles. The summed E-state index contributed by atoms with van der Waals surface area (Å²) in [6, 6.07) is 9.44. The lowest BCUT2D eigenvalue weighted by Gasteiger charge is -2.19. The summed E-state index contributed by atoms with van der Waals surface area (Å²) < 4.78 is 3.39. The highest BCUT2D eigenvalue weighted by atomic mass is 35.6. The molecule has 0 radical (unpaired) electrons. The number of halogens is 3. The van der Waals surface area contributed by atoms with Gasteiger partial charge in [0.1, 0.15) is 6.10 Å². The first kappa shape index (κ1) is 12.6. The van der Waals surface area contributed by atoms with Gasteiger partial charge < -0.3 is 4.74 Å². The minimum absolute atomic E-state index is 0.311. The van der Waals surface area contributed by atoms with E-state index in [1.54, 1.807) is 6.92 Å². The molecule has 0 heterocycles. The van der Waals surface area contributed by atoms with Crippen LogP contribution in [0.1, 0.15) is 18.6 Å². The van der Waals surface area contributed by atoms with Gasteiger partial charge in [0.05, 0.1) is 0 Å². The van der Waals surface area contributed by atoms with Crippen molar-refractivity contribution in [1.82, 2.24) is 0 Å². The Balaban J connectivity index is 2.65. The van der Waals surface area contributed by atoms with Gasteiger partial charge in [0.15, 0.2) is 0 Å². The van der Waals surface area contributed by atoms with Crippen LogP contribution in [-0.4, -0.2) is 9.69 Å². The lowest BCUT2D eigenvalue weighted by Crippen LogP contribution is -2.22. The van der Waals surface area contributed by atoms with Crippen molar-refractivity contribution in [2.45, 2.75) is 16.8 Å². The van der Waals surface area contributed by atoms with Gasteiger partial charge in [0, 0.05) is 0 Å². The first-order valence-electron chi connectivity index (χ1n) is 4.28. The van der Waals surface area contributed by atoms with Crippen molar-refractivity contribution < 1.29 is 4.74 Å². The summed E-state index contributed by atoms with van der Waals surface area (Å²) >= 11 is 16.5. The van der Waals surface area contributed by atoms with Gasteiger partial charge in [-0.1, -0.05) is 65.1 Å². The summed E-state index contributed by atoms with van der Waals surface area (Å²) in [6.45, 7) is 1.79. The maximum Gasteiger partial charge on any atom is 0.265 e. The Kier molecular flexibility index (Phi) is 4.26. The van der Waals surface area contributed by atoms with Gasteiger partial charge in [-0.2, -0.15) is 0 Å². The Hall–Kier alpha value is -0.440. The standard InChI is InChI=1S/C10H10Cl3NO/c1-7(8-5-3-2-4-6-8)15-9(14)10(11,12)13/h2-7,14H,1H3/t7-/m1/s1. The Labute approximate surface area is 104 Å². The number of rotatable bonds is 2. The number of alkyl halides is 3. The fraction of sp³-hybridized carbons (Fsp3) is 0.300. The molecule has 0 amide bonds. The molecule has 1 aromatic rings. The molecule has 0 unspecified atom stereocenters. The summed E-state index contributed by atoms with van der Waals surface area (Å²) in [5.74, 6) is -0.371. The van der Waals surface area contributed by atoms with Gasteiger partial charge in [-0.25, -0.2) is 0 Å². The Bertz CT molecular complexity index is 334. The lowest BCUT2D eigenvalue weighted by molar-refractivity contribution is 0.206. The third kappa shape index (κ3) is 3.90. The van der Waals surface area contributed by atoms with Crippen molar-refractivity contribution in [2.75, 3.05) is 0 Å². The minimum Gasteiger partial charge on any atom is -0.470 e. The molecule has 1 aromatic carbocycles. The zero-order chi connectivity index (χ0) is 11.5. The number of hydrogen-bond donors (Lipinski definition) is 1. The van der Waals surface area contributed by atoms with E-state index >= 15 is 0 Å². The second-order valence-electron chi connectivity index (χ2n) is 3.00. The quantitative estimate of drug-likeness (QED) is 0.488. The van der Waals surface area contributed by atoms with Crippen molar-refractivity contribution in [2.24, 2.45) is 0 Å². The van der Waals surface area contributed by atoms with Crippen molar-refractivity contribution in [3.8, 4) is 0 Å². The van der Waals surface area contributed by atoms with Crippen LogP contribution in [0.25, 0.3) is 0 Å². The molecule has 2 nitrogen and oxygen atoms in total. The molecule has 0 aliphatic rings. The maximum absolute atomic E-state index is 7.40. The molecule has 0 spiro atoms. The largest absolute Gasteiger partial charge is 0.470 e. The second-order valence-corrected chi connectivity index (χ2v) is 5.28. The summed E-state index contributed by atoms with van der Waals surface area (Å²) in [5, 5.41) is 7.40. The zero-order valence-corrected chi connectivity index (χ0v) is 10.3. The van der Waals surface area contributed by atoms with E-state index in [9.17, 15) is 0 Å². The molecule has 82 valence electrons. The average Bonchev–Trinajstić information content (AvgIpc) is 2.17. The van der Waals surface area contributed by atoms with Crippen molar-refractivity contribution in [3.05, 3.63) is 35.9 Å². The molecular formula is C10H10Cl3NO. The molecule has 1 N–H and O–H groups in total. The highest BCUT2D eigenvalue weighted by Crippen LogP contribution is 2.30. The Morgan fingerprint density at radius 1 is 1.27 bits per heavy atom. The number of ether oxygens (including phenoxy) is 1.